The zero-order valence-electron chi connectivity index (χ0n) is 13.1. The molecular formula is C18H23NO3. The Bertz CT molecular complexity index is 561. The number of nitrogens with zero attached hydrogens (tertiary/aromatic N) is 1. The molecule has 0 saturated carbocycles. The van der Waals surface area contributed by atoms with Crippen LogP contribution in [0.2, 0.25) is 0 Å². The maximum atomic E-state index is 12.3. The summed E-state index contributed by atoms with van der Waals surface area (Å²) in [7, 11) is 0. The highest BCUT2D eigenvalue weighted by Gasteiger charge is 2.30. The topological polar surface area (TPSA) is 46.6 Å². The standard InChI is InChI=1S/C18H23NO3/c1-13(20)19-10-8-15(9-11-19)18(21)22-17-7-6-14-4-2-3-5-16(14)12-17/h2-5,15,17H,6-12H2,1H3/t17-/m0/s1. The molecule has 1 aliphatic heterocycles. The van der Waals surface area contributed by atoms with E-state index in [-0.39, 0.29) is 23.9 Å². The Labute approximate surface area is 131 Å². The molecule has 0 N–H and O–H groups in total. The molecule has 0 radical (unpaired) electrons. The fourth-order valence-corrected chi connectivity index (χ4v) is 3.46. The van der Waals surface area contributed by atoms with Crippen LogP contribution in [0.1, 0.15) is 37.3 Å². The van der Waals surface area contributed by atoms with Crippen LogP contribution in [0, 0.1) is 5.92 Å². The molecule has 1 heterocycles. The van der Waals surface area contributed by atoms with Crippen LogP contribution in [0.3, 0.4) is 0 Å². The van der Waals surface area contributed by atoms with Crippen molar-refractivity contribution in [2.75, 3.05) is 13.1 Å². The maximum absolute atomic E-state index is 12.3. The third kappa shape index (κ3) is 3.32. The lowest BCUT2D eigenvalue weighted by molar-refractivity contribution is -0.157. The third-order valence-corrected chi connectivity index (χ3v) is 4.86. The molecule has 0 bridgehead atoms. The second kappa shape index (κ2) is 6.51. The van der Waals surface area contributed by atoms with E-state index in [1.165, 1.54) is 11.1 Å². The van der Waals surface area contributed by atoms with Gasteiger partial charge in [-0.15, -0.1) is 0 Å². The number of carbonyl (C=O) groups excluding carboxylic acids is 2. The maximum Gasteiger partial charge on any atom is 0.309 e. The summed E-state index contributed by atoms with van der Waals surface area (Å²) in [6, 6.07) is 8.39. The van der Waals surface area contributed by atoms with Crippen LogP contribution in [-0.2, 0) is 27.2 Å². The predicted molar refractivity (Wildman–Crippen MR) is 83.3 cm³/mol. The van der Waals surface area contributed by atoms with Crippen LogP contribution in [0.15, 0.2) is 24.3 Å². The molecule has 0 aromatic heterocycles. The number of benzene rings is 1. The Balaban J connectivity index is 1.52. The molecule has 1 saturated heterocycles. The molecule has 2 aliphatic rings. The van der Waals surface area contributed by atoms with Gasteiger partial charge in [-0.1, -0.05) is 24.3 Å². The van der Waals surface area contributed by atoms with Gasteiger partial charge in [-0.2, -0.15) is 0 Å². The first kappa shape index (κ1) is 15.1. The molecule has 1 aromatic rings. The van der Waals surface area contributed by atoms with Crippen LogP contribution >= 0.6 is 0 Å². The molecule has 118 valence electrons. The van der Waals surface area contributed by atoms with Gasteiger partial charge in [0.25, 0.3) is 0 Å². The highest BCUT2D eigenvalue weighted by molar-refractivity contribution is 5.75. The highest BCUT2D eigenvalue weighted by Crippen LogP contribution is 2.25. The predicted octanol–water partition coefficient (Wildman–Crippen LogP) is 2.35. The smallest absolute Gasteiger partial charge is 0.309 e. The number of carbonyl (C=O) groups is 2. The minimum absolute atomic E-state index is 0.00763. The quantitative estimate of drug-likeness (QED) is 0.788. The minimum atomic E-state index is -0.0763. The van der Waals surface area contributed by atoms with Crippen LogP contribution < -0.4 is 0 Å². The zero-order valence-corrected chi connectivity index (χ0v) is 13.1. The van der Waals surface area contributed by atoms with Gasteiger partial charge in [0.15, 0.2) is 0 Å². The van der Waals surface area contributed by atoms with Crippen molar-refractivity contribution in [1.82, 2.24) is 4.90 Å². The molecule has 22 heavy (non-hydrogen) atoms. The molecule has 0 unspecified atom stereocenters. The van der Waals surface area contributed by atoms with Gasteiger partial charge in [0.05, 0.1) is 5.92 Å². The van der Waals surface area contributed by atoms with E-state index in [1.54, 1.807) is 11.8 Å². The van der Waals surface area contributed by atoms with Gasteiger partial charge in [-0.3, -0.25) is 9.59 Å². The van der Waals surface area contributed by atoms with Crippen LogP contribution in [0.25, 0.3) is 0 Å². The monoisotopic (exact) mass is 301 g/mol. The lowest BCUT2D eigenvalue weighted by Crippen LogP contribution is -2.40. The van der Waals surface area contributed by atoms with E-state index < -0.39 is 0 Å². The van der Waals surface area contributed by atoms with E-state index >= 15 is 0 Å². The Hall–Kier alpha value is -1.84. The van der Waals surface area contributed by atoms with Crippen molar-refractivity contribution < 1.29 is 14.3 Å². The highest BCUT2D eigenvalue weighted by atomic mass is 16.5. The number of piperidine rings is 1. The number of ether oxygens (including phenoxy) is 1. The van der Waals surface area contributed by atoms with E-state index in [4.69, 9.17) is 4.74 Å². The van der Waals surface area contributed by atoms with Crippen LogP contribution in [0.4, 0.5) is 0 Å². The number of esters is 1. The SMILES string of the molecule is CC(=O)N1CCC(C(=O)O[C@H]2CCc3ccccc3C2)CC1. The van der Waals surface area contributed by atoms with E-state index in [9.17, 15) is 9.59 Å². The fraction of sp³-hybridized carbons (Fsp3) is 0.556. The number of rotatable bonds is 2. The van der Waals surface area contributed by atoms with Gasteiger partial charge in [-0.05, 0) is 36.8 Å². The molecule has 3 rings (SSSR count). The zero-order chi connectivity index (χ0) is 15.5. The molecule has 1 amide bonds. The summed E-state index contributed by atoms with van der Waals surface area (Å²) >= 11 is 0. The average molecular weight is 301 g/mol. The van der Waals surface area contributed by atoms with E-state index in [2.05, 4.69) is 18.2 Å². The Kier molecular flexibility index (Phi) is 4.46. The van der Waals surface area contributed by atoms with Crippen molar-refractivity contribution in [2.24, 2.45) is 5.92 Å². The fourth-order valence-electron chi connectivity index (χ4n) is 3.46. The van der Waals surface area contributed by atoms with Crippen LogP contribution in [0.5, 0.6) is 0 Å². The Morgan fingerprint density at radius 1 is 1.09 bits per heavy atom. The normalized spacial score (nSPS) is 22.0. The lowest BCUT2D eigenvalue weighted by Gasteiger charge is -2.32. The molecule has 1 aromatic carbocycles. The van der Waals surface area contributed by atoms with Crippen LogP contribution in [-0.4, -0.2) is 36.0 Å². The van der Waals surface area contributed by atoms with E-state index in [0.717, 1.165) is 32.1 Å². The van der Waals surface area contributed by atoms with Gasteiger partial charge < -0.3 is 9.64 Å². The summed E-state index contributed by atoms with van der Waals surface area (Å²) in [5.41, 5.74) is 2.68. The number of hydrogen-bond donors (Lipinski definition) is 0. The summed E-state index contributed by atoms with van der Waals surface area (Å²) in [6.45, 7) is 2.92. The largest absolute Gasteiger partial charge is 0.462 e. The second-order valence-electron chi connectivity index (χ2n) is 6.35. The number of likely N-dealkylation sites (tertiary alicyclic amines) is 1. The number of hydrogen-bond acceptors (Lipinski definition) is 3. The van der Waals surface area contributed by atoms with E-state index in [1.807, 2.05) is 6.07 Å². The molecule has 1 atom stereocenters. The van der Waals surface area contributed by atoms with Crippen molar-refractivity contribution in [2.45, 2.75) is 45.1 Å². The molecule has 4 nitrogen and oxygen atoms in total. The molecular weight excluding hydrogens is 278 g/mol. The summed E-state index contributed by atoms with van der Waals surface area (Å²) in [5.74, 6) is -0.0314. The first-order valence-electron chi connectivity index (χ1n) is 8.16. The molecule has 1 fully saturated rings. The lowest BCUT2D eigenvalue weighted by atomic mass is 9.89. The molecule has 0 spiro atoms. The minimum Gasteiger partial charge on any atom is -0.462 e. The van der Waals surface area contributed by atoms with Crippen molar-refractivity contribution >= 4 is 11.9 Å². The number of aryl methyl sites for hydroxylation is 1. The van der Waals surface area contributed by atoms with Gasteiger partial charge in [0.1, 0.15) is 6.10 Å². The van der Waals surface area contributed by atoms with Gasteiger partial charge in [0, 0.05) is 26.4 Å². The van der Waals surface area contributed by atoms with E-state index in [0.29, 0.717) is 13.1 Å². The second-order valence-corrected chi connectivity index (χ2v) is 6.35. The average Bonchev–Trinajstić information content (AvgIpc) is 2.55. The summed E-state index contributed by atoms with van der Waals surface area (Å²) in [5, 5.41) is 0. The molecule has 4 heteroatoms. The van der Waals surface area contributed by atoms with Gasteiger partial charge in [0.2, 0.25) is 5.91 Å². The van der Waals surface area contributed by atoms with Crippen molar-refractivity contribution in [3.05, 3.63) is 35.4 Å². The number of amides is 1. The van der Waals surface area contributed by atoms with Crippen molar-refractivity contribution in [3.63, 3.8) is 0 Å². The van der Waals surface area contributed by atoms with Gasteiger partial charge >= 0.3 is 5.97 Å². The Morgan fingerprint density at radius 2 is 1.77 bits per heavy atom. The third-order valence-electron chi connectivity index (χ3n) is 4.86. The van der Waals surface area contributed by atoms with Crippen molar-refractivity contribution in [1.29, 1.82) is 0 Å². The first-order chi connectivity index (χ1) is 10.6. The summed E-state index contributed by atoms with van der Waals surface area (Å²) in [6.07, 6.45) is 4.18. The Morgan fingerprint density at radius 3 is 2.45 bits per heavy atom. The number of fused-ring (bicyclic) bond motifs is 1. The summed E-state index contributed by atoms with van der Waals surface area (Å²) in [4.78, 5) is 25.5. The summed E-state index contributed by atoms with van der Waals surface area (Å²) < 4.78 is 5.74. The van der Waals surface area contributed by atoms with Gasteiger partial charge in [-0.25, -0.2) is 0 Å². The van der Waals surface area contributed by atoms with Crippen molar-refractivity contribution in [3.8, 4) is 0 Å². The molecule has 1 aliphatic carbocycles. The first-order valence-corrected chi connectivity index (χ1v) is 8.16.